The number of rotatable bonds is 7. The minimum atomic E-state index is -3.65. The Bertz CT molecular complexity index is 526. The molecule has 1 aromatic heterocycles. The molecule has 0 amide bonds. The average Bonchev–Trinajstić information content (AvgIpc) is 2.45. The Balaban J connectivity index is 3.33. The number of hydrogen-bond donors (Lipinski definition) is 0. The Labute approximate surface area is 118 Å². The highest BCUT2D eigenvalue weighted by atomic mass is 31.2. The van der Waals surface area contributed by atoms with Gasteiger partial charge in [-0.2, -0.15) is 10.5 Å². The molecule has 0 bridgehead atoms. The van der Waals surface area contributed by atoms with Crippen LogP contribution in [0.1, 0.15) is 25.2 Å². The summed E-state index contributed by atoms with van der Waals surface area (Å²) < 4.78 is 23.4. The van der Waals surface area contributed by atoms with E-state index in [9.17, 15) is 4.57 Å². The summed E-state index contributed by atoms with van der Waals surface area (Å²) in [7, 11) is -3.65. The van der Waals surface area contributed by atoms with Crippen LogP contribution in [0.3, 0.4) is 0 Å². The molecule has 0 aliphatic heterocycles. The second-order valence-electron chi connectivity index (χ2n) is 3.81. The molecule has 0 aliphatic carbocycles. The van der Waals surface area contributed by atoms with E-state index < -0.39 is 19.2 Å². The van der Waals surface area contributed by atoms with E-state index in [0.717, 1.165) is 0 Å². The quantitative estimate of drug-likeness (QED) is 0.717. The van der Waals surface area contributed by atoms with Gasteiger partial charge in [0.1, 0.15) is 5.66 Å². The lowest BCUT2D eigenvalue weighted by Crippen LogP contribution is -2.15. The summed E-state index contributed by atoms with van der Waals surface area (Å²) in [4.78, 5) is 4.09. The van der Waals surface area contributed by atoms with Gasteiger partial charge in [0.2, 0.25) is 0 Å². The van der Waals surface area contributed by atoms with Gasteiger partial charge in [-0.1, -0.05) is 6.07 Å². The highest BCUT2D eigenvalue weighted by Crippen LogP contribution is 2.63. The predicted molar refractivity (Wildman–Crippen MR) is 72.6 cm³/mol. The van der Waals surface area contributed by atoms with Crippen molar-refractivity contribution in [2.24, 2.45) is 5.92 Å². The molecule has 0 aliphatic rings. The average molecular weight is 293 g/mol. The molecule has 1 aromatic rings. The van der Waals surface area contributed by atoms with Crippen molar-refractivity contribution >= 4 is 7.60 Å². The van der Waals surface area contributed by atoms with Crippen LogP contribution in [0.5, 0.6) is 0 Å². The van der Waals surface area contributed by atoms with E-state index in [4.69, 9.17) is 19.6 Å². The molecule has 6 nitrogen and oxygen atoms in total. The van der Waals surface area contributed by atoms with Crippen LogP contribution in [0.15, 0.2) is 24.4 Å². The minimum Gasteiger partial charge on any atom is -0.308 e. The van der Waals surface area contributed by atoms with Crippen molar-refractivity contribution in [3.05, 3.63) is 30.1 Å². The van der Waals surface area contributed by atoms with Gasteiger partial charge in [-0.25, -0.2) is 0 Å². The standard InChI is InChI=1S/C13H16N3O3P/c1-3-18-20(17,19-4-2)13(11(9-14)10-15)12-7-5-6-8-16-12/h5-8,11,13H,3-4H2,1-2H3. The van der Waals surface area contributed by atoms with Crippen LogP contribution < -0.4 is 0 Å². The zero-order valence-corrected chi connectivity index (χ0v) is 12.3. The van der Waals surface area contributed by atoms with Crippen LogP contribution in [-0.2, 0) is 13.6 Å². The molecule has 0 radical (unpaired) electrons. The second-order valence-corrected chi connectivity index (χ2v) is 5.96. The van der Waals surface area contributed by atoms with Crippen LogP contribution in [-0.4, -0.2) is 18.2 Å². The molecule has 1 atom stereocenters. The largest absolute Gasteiger partial charge is 0.342 e. The maximum Gasteiger partial charge on any atom is 0.342 e. The summed E-state index contributed by atoms with van der Waals surface area (Å²) in [5, 5.41) is 18.3. The lowest BCUT2D eigenvalue weighted by molar-refractivity contribution is 0.209. The number of hydrogen-bond acceptors (Lipinski definition) is 6. The van der Waals surface area contributed by atoms with Crippen LogP contribution in [0.25, 0.3) is 0 Å². The van der Waals surface area contributed by atoms with Crippen molar-refractivity contribution in [2.75, 3.05) is 13.2 Å². The highest BCUT2D eigenvalue weighted by Gasteiger charge is 2.43. The van der Waals surface area contributed by atoms with Crippen LogP contribution in [0.2, 0.25) is 0 Å². The molecule has 0 fully saturated rings. The molecule has 1 heterocycles. The fourth-order valence-electron chi connectivity index (χ4n) is 1.79. The smallest absolute Gasteiger partial charge is 0.308 e. The Morgan fingerprint density at radius 2 is 1.85 bits per heavy atom. The van der Waals surface area contributed by atoms with Gasteiger partial charge >= 0.3 is 7.60 Å². The van der Waals surface area contributed by atoms with E-state index in [1.165, 1.54) is 6.20 Å². The van der Waals surface area contributed by atoms with E-state index in [0.29, 0.717) is 5.69 Å². The van der Waals surface area contributed by atoms with Gasteiger partial charge in [-0.05, 0) is 26.0 Å². The maximum absolute atomic E-state index is 12.9. The first-order valence-electron chi connectivity index (χ1n) is 6.21. The Morgan fingerprint density at radius 3 is 2.25 bits per heavy atom. The summed E-state index contributed by atoms with van der Waals surface area (Å²) in [5.74, 6) is -1.16. The zero-order chi connectivity index (χ0) is 15.0. The first kappa shape index (κ1) is 16.3. The van der Waals surface area contributed by atoms with Gasteiger partial charge < -0.3 is 9.05 Å². The first-order chi connectivity index (χ1) is 9.62. The SMILES string of the molecule is CCOP(=O)(OCC)C(c1ccccn1)C(C#N)C#N. The summed E-state index contributed by atoms with van der Waals surface area (Å²) >= 11 is 0. The summed E-state index contributed by atoms with van der Waals surface area (Å²) in [6.07, 6.45) is 1.51. The number of pyridine rings is 1. The van der Waals surface area contributed by atoms with Crippen LogP contribution in [0.4, 0.5) is 0 Å². The monoisotopic (exact) mass is 293 g/mol. The van der Waals surface area contributed by atoms with Crippen molar-refractivity contribution in [3.8, 4) is 12.1 Å². The molecule has 0 aromatic carbocycles. The molecule has 0 N–H and O–H groups in total. The number of nitrogens with zero attached hydrogens (tertiary/aromatic N) is 3. The highest BCUT2D eigenvalue weighted by molar-refractivity contribution is 7.54. The summed E-state index contributed by atoms with van der Waals surface area (Å²) in [6, 6.07) is 8.68. The molecular formula is C13H16N3O3P. The molecule has 20 heavy (non-hydrogen) atoms. The first-order valence-corrected chi connectivity index (χ1v) is 7.83. The van der Waals surface area contributed by atoms with Gasteiger partial charge in [0.25, 0.3) is 0 Å². The Morgan fingerprint density at radius 1 is 1.25 bits per heavy atom. The van der Waals surface area contributed by atoms with Gasteiger partial charge in [-0.15, -0.1) is 0 Å². The van der Waals surface area contributed by atoms with Gasteiger partial charge in [0.15, 0.2) is 5.92 Å². The lowest BCUT2D eigenvalue weighted by Gasteiger charge is -2.26. The third-order valence-corrected chi connectivity index (χ3v) is 5.02. The molecular weight excluding hydrogens is 277 g/mol. The molecule has 1 rings (SSSR count). The molecule has 0 saturated heterocycles. The minimum absolute atomic E-state index is 0.157. The molecule has 106 valence electrons. The van der Waals surface area contributed by atoms with E-state index in [2.05, 4.69) is 4.98 Å². The van der Waals surface area contributed by atoms with E-state index >= 15 is 0 Å². The Kier molecular flexibility index (Phi) is 6.35. The van der Waals surface area contributed by atoms with Crippen molar-refractivity contribution in [1.29, 1.82) is 10.5 Å². The third kappa shape index (κ3) is 3.65. The topological polar surface area (TPSA) is 96.0 Å². The van der Waals surface area contributed by atoms with Gasteiger partial charge in [0.05, 0.1) is 31.0 Å². The van der Waals surface area contributed by atoms with E-state index in [1.807, 2.05) is 12.1 Å². The van der Waals surface area contributed by atoms with E-state index in [-0.39, 0.29) is 13.2 Å². The fraction of sp³-hybridized carbons (Fsp3) is 0.462. The van der Waals surface area contributed by atoms with Crippen molar-refractivity contribution in [3.63, 3.8) is 0 Å². The van der Waals surface area contributed by atoms with Crippen molar-refractivity contribution < 1.29 is 13.6 Å². The normalized spacial score (nSPS) is 12.7. The lowest BCUT2D eigenvalue weighted by atomic mass is 10.1. The van der Waals surface area contributed by atoms with E-state index in [1.54, 1.807) is 32.0 Å². The number of nitriles is 2. The summed E-state index contributed by atoms with van der Waals surface area (Å²) in [6.45, 7) is 3.66. The van der Waals surface area contributed by atoms with Gasteiger partial charge in [0, 0.05) is 6.20 Å². The predicted octanol–water partition coefficient (Wildman–Crippen LogP) is 3.05. The Hall–Kier alpha value is -1.72. The van der Waals surface area contributed by atoms with Gasteiger partial charge in [-0.3, -0.25) is 9.55 Å². The fourth-order valence-corrected chi connectivity index (χ4v) is 3.88. The maximum atomic E-state index is 12.9. The molecule has 7 heteroatoms. The zero-order valence-electron chi connectivity index (χ0n) is 11.4. The number of aromatic nitrogens is 1. The van der Waals surface area contributed by atoms with Crippen molar-refractivity contribution in [1.82, 2.24) is 4.98 Å². The van der Waals surface area contributed by atoms with Crippen molar-refractivity contribution in [2.45, 2.75) is 19.5 Å². The van der Waals surface area contributed by atoms with Crippen LogP contribution in [0, 0.1) is 28.6 Å². The third-order valence-electron chi connectivity index (χ3n) is 2.54. The molecule has 0 saturated carbocycles. The van der Waals surface area contributed by atoms with Crippen LogP contribution >= 0.6 is 7.60 Å². The molecule has 1 unspecified atom stereocenters. The molecule has 0 spiro atoms. The second kappa shape index (κ2) is 7.77. The summed E-state index contributed by atoms with van der Waals surface area (Å²) in [5.41, 5.74) is -0.663.